The zero-order valence-corrected chi connectivity index (χ0v) is 12.8. The Morgan fingerprint density at radius 3 is 2.86 bits per heavy atom. The van der Waals surface area contributed by atoms with Gasteiger partial charge in [0.2, 0.25) is 0 Å². The monoisotopic (exact) mass is 331 g/mol. The summed E-state index contributed by atoms with van der Waals surface area (Å²) in [6.45, 7) is 0.319. The third-order valence-electron chi connectivity index (χ3n) is 3.22. The number of aliphatic imine (C=N–C) groups is 1. The molecule has 0 atom stereocenters. The van der Waals surface area contributed by atoms with Crippen LogP contribution in [0.15, 0.2) is 47.5 Å². The lowest BCUT2D eigenvalue weighted by molar-refractivity contribution is -0.384. The first-order valence-corrected chi connectivity index (χ1v) is 7.22. The lowest BCUT2D eigenvalue weighted by Gasteiger charge is -2.10. The molecule has 2 aromatic rings. The Bertz CT molecular complexity index is 820. The number of thiocarbonyl (C=S) groups is 1. The summed E-state index contributed by atoms with van der Waals surface area (Å²) >= 11 is 11.3. The average molecular weight is 332 g/mol. The molecule has 5 nitrogen and oxygen atoms in total. The van der Waals surface area contributed by atoms with E-state index < -0.39 is 4.92 Å². The van der Waals surface area contributed by atoms with Gasteiger partial charge in [0.25, 0.3) is 5.69 Å². The van der Waals surface area contributed by atoms with Crippen LogP contribution in [0, 0.1) is 10.1 Å². The Morgan fingerprint density at radius 1 is 1.27 bits per heavy atom. The fourth-order valence-electron chi connectivity index (χ4n) is 2.26. The summed E-state index contributed by atoms with van der Waals surface area (Å²) in [6, 6.07) is 11.7. The molecule has 110 valence electrons. The number of nitrogens with one attached hydrogen (secondary N) is 1. The second-order valence-electron chi connectivity index (χ2n) is 4.71. The molecule has 1 aliphatic rings. The number of benzodiazepines with no additional fused rings is 1. The maximum Gasteiger partial charge on any atom is 0.270 e. The SMILES string of the molecule is O=[N+]([O-])c1cccc(C2=NCC(=S)Nc3ccc(Cl)cc32)c1. The molecule has 7 heteroatoms. The topological polar surface area (TPSA) is 67.5 Å². The van der Waals surface area contributed by atoms with Gasteiger partial charge in [-0.25, -0.2) is 0 Å². The van der Waals surface area contributed by atoms with Gasteiger partial charge >= 0.3 is 0 Å². The van der Waals surface area contributed by atoms with Gasteiger partial charge in [0.1, 0.15) is 4.99 Å². The number of benzene rings is 2. The highest BCUT2D eigenvalue weighted by molar-refractivity contribution is 7.80. The summed E-state index contributed by atoms with van der Waals surface area (Å²) in [5, 5.41) is 14.6. The van der Waals surface area contributed by atoms with Gasteiger partial charge in [-0.05, 0) is 18.2 Å². The molecule has 1 aliphatic heterocycles. The van der Waals surface area contributed by atoms with Crippen molar-refractivity contribution in [1.29, 1.82) is 0 Å². The van der Waals surface area contributed by atoms with Crippen LogP contribution in [0.4, 0.5) is 11.4 Å². The Balaban J connectivity index is 2.18. The first-order valence-electron chi connectivity index (χ1n) is 6.43. The van der Waals surface area contributed by atoms with E-state index in [9.17, 15) is 10.1 Å². The van der Waals surface area contributed by atoms with Crippen molar-refractivity contribution >= 4 is 45.9 Å². The number of halogens is 1. The molecule has 3 rings (SSSR count). The summed E-state index contributed by atoms with van der Waals surface area (Å²) < 4.78 is 0. The number of nitrogens with zero attached hydrogens (tertiary/aromatic N) is 2. The van der Waals surface area contributed by atoms with Crippen LogP contribution in [0.5, 0.6) is 0 Å². The summed E-state index contributed by atoms with van der Waals surface area (Å²) in [6.07, 6.45) is 0. The minimum atomic E-state index is -0.428. The van der Waals surface area contributed by atoms with Crippen molar-refractivity contribution in [3.05, 3.63) is 68.7 Å². The summed E-state index contributed by atoms with van der Waals surface area (Å²) in [7, 11) is 0. The van der Waals surface area contributed by atoms with E-state index in [1.54, 1.807) is 24.3 Å². The number of hydrogen-bond donors (Lipinski definition) is 1. The second kappa shape index (κ2) is 5.82. The molecule has 1 N–H and O–H groups in total. The molecule has 0 saturated heterocycles. The molecule has 22 heavy (non-hydrogen) atoms. The van der Waals surface area contributed by atoms with Crippen LogP contribution in [0.25, 0.3) is 0 Å². The molecule has 0 spiro atoms. The van der Waals surface area contributed by atoms with E-state index >= 15 is 0 Å². The molecule has 0 unspecified atom stereocenters. The number of anilines is 1. The van der Waals surface area contributed by atoms with Gasteiger partial charge in [-0.2, -0.15) is 0 Å². The highest BCUT2D eigenvalue weighted by Crippen LogP contribution is 2.27. The maximum atomic E-state index is 11.0. The zero-order valence-electron chi connectivity index (χ0n) is 11.2. The van der Waals surface area contributed by atoms with Gasteiger partial charge < -0.3 is 5.32 Å². The molecule has 0 aromatic heterocycles. The van der Waals surface area contributed by atoms with Crippen LogP contribution in [0.1, 0.15) is 11.1 Å². The lowest BCUT2D eigenvalue weighted by atomic mass is 10.00. The van der Waals surface area contributed by atoms with Crippen molar-refractivity contribution in [1.82, 2.24) is 0 Å². The lowest BCUT2D eigenvalue weighted by Crippen LogP contribution is -2.10. The van der Waals surface area contributed by atoms with Crippen molar-refractivity contribution in [2.45, 2.75) is 0 Å². The molecule has 0 amide bonds. The van der Waals surface area contributed by atoms with Gasteiger partial charge in [-0.1, -0.05) is 36.0 Å². The fraction of sp³-hybridized carbons (Fsp3) is 0.0667. The molecular weight excluding hydrogens is 322 g/mol. The Kier molecular flexibility index (Phi) is 3.87. The van der Waals surface area contributed by atoms with E-state index in [0.29, 0.717) is 27.8 Å². The third kappa shape index (κ3) is 2.84. The standard InChI is InChI=1S/C15H10ClN3O2S/c16-10-4-5-13-12(7-10)15(17-8-14(22)18-13)9-2-1-3-11(6-9)19(20)21/h1-7H,8H2,(H,18,22). The molecule has 1 heterocycles. The summed E-state index contributed by atoms with van der Waals surface area (Å²) in [5.41, 5.74) is 2.87. The molecule has 0 radical (unpaired) electrons. The van der Waals surface area contributed by atoms with Gasteiger partial charge in [-0.3, -0.25) is 15.1 Å². The molecule has 0 fully saturated rings. The van der Waals surface area contributed by atoms with Crippen molar-refractivity contribution in [2.75, 3.05) is 11.9 Å². The van der Waals surface area contributed by atoms with Crippen molar-refractivity contribution < 1.29 is 4.92 Å². The zero-order chi connectivity index (χ0) is 15.7. The predicted molar refractivity (Wildman–Crippen MR) is 91.3 cm³/mol. The predicted octanol–water partition coefficient (Wildman–Crippen LogP) is 3.84. The minimum absolute atomic E-state index is 0.0172. The van der Waals surface area contributed by atoms with E-state index in [-0.39, 0.29) is 5.69 Å². The summed E-state index contributed by atoms with van der Waals surface area (Å²) in [4.78, 5) is 15.6. The van der Waals surface area contributed by atoms with Crippen LogP contribution >= 0.6 is 23.8 Å². The highest BCUT2D eigenvalue weighted by Gasteiger charge is 2.18. The largest absolute Gasteiger partial charge is 0.348 e. The number of nitro groups is 1. The van der Waals surface area contributed by atoms with E-state index in [1.165, 1.54) is 12.1 Å². The van der Waals surface area contributed by atoms with Crippen molar-refractivity contribution in [3.8, 4) is 0 Å². The summed E-state index contributed by atoms with van der Waals surface area (Å²) in [5.74, 6) is 0. The van der Waals surface area contributed by atoms with Crippen LogP contribution in [0.3, 0.4) is 0 Å². The number of nitro benzene ring substituents is 1. The van der Waals surface area contributed by atoms with E-state index in [1.807, 2.05) is 6.07 Å². The molecule has 0 saturated carbocycles. The van der Waals surface area contributed by atoms with Gasteiger partial charge in [0.05, 0.1) is 17.2 Å². The molecule has 0 bridgehead atoms. The number of rotatable bonds is 2. The Labute approximate surface area is 136 Å². The van der Waals surface area contributed by atoms with E-state index in [0.717, 1.165) is 11.3 Å². The maximum absolute atomic E-state index is 11.0. The third-order valence-corrected chi connectivity index (χ3v) is 3.69. The van der Waals surface area contributed by atoms with Crippen LogP contribution in [-0.4, -0.2) is 22.2 Å². The molecule has 0 aliphatic carbocycles. The Hall–Kier alpha value is -2.31. The van der Waals surface area contributed by atoms with Gasteiger partial charge in [0.15, 0.2) is 0 Å². The fourth-order valence-corrected chi connectivity index (χ4v) is 2.61. The number of hydrogen-bond acceptors (Lipinski definition) is 4. The Morgan fingerprint density at radius 2 is 2.09 bits per heavy atom. The van der Waals surface area contributed by atoms with E-state index in [4.69, 9.17) is 23.8 Å². The van der Waals surface area contributed by atoms with Gasteiger partial charge in [0, 0.05) is 34.0 Å². The van der Waals surface area contributed by atoms with E-state index in [2.05, 4.69) is 10.3 Å². The normalized spacial score (nSPS) is 13.7. The average Bonchev–Trinajstić information content (AvgIpc) is 2.65. The highest BCUT2D eigenvalue weighted by atomic mass is 35.5. The smallest absolute Gasteiger partial charge is 0.270 e. The van der Waals surface area contributed by atoms with Crippen LogP contribution in [-0.2, 0) is 0 Å². The number of fused-ring (bicyclic) bond motifs is 1. The molecule has 2 aromatic carbocycles. The quantitative estimate of drug-likeness (QED) is 0.516. The van der Waals surface area contributed by atoms with Gasteiger partial charge in [-0.15, -0.1) is 0 Å². The van der Waals surface area contributed by atoms with Crippen LogP contribution in [0.2, 0.25) is 5.02 Å². The minimum Gasteiger partial charge on any atom is -0.348 e. The van der Waals surface area contributed by atoms with Crippen molar-refractivity contribution in [3.63, 3.8) is 0 Å². The molecular formula is C15H10ClN3O2S. The first kappa shape index (κ1) is 14.6. The second-order valence-corrected chi connectivity index (χ2v) is 5.64. The van der Waals surface area contributed by atoms with Crippen molar-refractivity contribution in [2.24, 2.45) is 4.99 Å². The van der Waals surface area contributed by atoms with Crippen LogP contribution < -0.4 is 5.32 Å². The first-order chi connectivity index (χ1) is 10.5. The number of non-ortho nitro benzene ring substituents is 1.